The molecule has 0 atom stereocenters. The van der Waals surface area contributed by atoms with Crippen molar-refractivity contribution < 1.29 is 29.3 Å². The number of anilines is 1. The van der Waals surface area contributed by atoms with Crippen molar-refractivity contribution in [1.82, 2.24) is 0 Å². The van der Waals surface area contributed by atoms with Crippen LogP contribution in [0.5, 0.6) is 11.5 Å². The van der Waals surface area contributed by atoms with Gasteiger partial charge in [0.15, 0.2) is 17.1 Å². The number of ether oxygens (including phenoxy) is 2. The number of carboxylic acids is 2. The zero-order valence-electron chi connectivity index (χ0n) is 9.04. The lowest BCUT2D eigenvalue weighted by Gasteiger charge is -2.03. The van der Waals surface area contributed by atoms with Crippen molar-refractivity contribution in [2.45, 2.75) is 0 Å². The monoisotopic (exact) mass is 251 g/mol. The van der Waals surface area contributed by atoms with Crippen molar-refractivity contribution in [2.24, 2.45) is 0 Å². The second kappa shape index (κ2) is 4.66. The molecule has 1 aliphatic rings. The second-order valence-electron chi connectivity index (χ2n) is 3.38. The van der Waals surface area contributed by atoms with Gasteiger partial charge in [-0.05, 0) is 12.1 Å². The first-order chi connectivity index (χ1) is 8.58. The van der Waals surface area contributed by atoms with Crippen molar-refractivity contribution in [2.75, 3.05) is 12.1 Å². The van der Waals surface area contributed by atoms with Crippen molar-refractivity contribution in [3.63, 3.8) is 0 Å². The lowest BCUT2D eigenvalue weighted by atomic mass is 10.2. The highest BCUT2D eigenvalue weighted by Gasteiger charge is 2.16. The van der Waals surface area contributed by atoms with Gasteiger partial charge >= 0.3 is 11.9 Å². The highest BCUT2D eigenvalue weighted by atomic mass is 16.7. The molecule has 0 bridgehead atoms. The third kappa shape index (κ3) is 2.34. The first kappa shape index (κ1) is 11.8. The highest BCUT2D eigenvalue weighted by molar-refractivity contribution is 6.12. The summed E-state index contributed by atoms with van der Waals surface area (Å²) in [5.41, 5.74) is -0.257. The third-order valence-corrected chi connectivity index (χ3v) is 2.22. The Bertz CT molecular complexity index is 520. The topological polar surface area (TPSA) is 105 Å². The Balaban J connectivity index is 2.17. The molecule has 7 nitrogen and oxygen atoms in total. The zero-order chi connectivity index (χ0) is 13.1. The van der Waals surface area contributed by atoms with Crippen molar-refractivity contribution in [3.05, 3.63) is 30.0 Å². The number of hydrogen-bond acceptors (Lipinski definition) is 5. The van der Waals surface area contributed by atoms with Crippen LogP contribution in [0.3, 0.4) is 0 Å². The van der Waals surface area contributed by atoms with Gasteiger partial charge in [-0.15, -0.1) is 0 Å². The van der Waals surface area contributed by atoms with Crippen LogP contribution in [0.4, 0.5) is 5.69 Å². The first-order valence-corrected chi connectivity index (χ1v) is 4.91. The maximum Gasteiger partial charge on any atom is 0.344 e. The number of fused-ring (bicyclic) bond motifs is 1. The molecule has 0 aliphatic carbocycles. The largest absolute Gasteiger partial charge is 0.477 e. The minimum atomic E-state index is -1.52. The van der Waals surface area contributed by atoms with Gasteiger partial charge < -0.3 is 25.0 Å². The fourth-order valence-electron chi connectivity index (χ4n) is 1.36. The average Bonchev–Trinajstić information content (AvgIpc) is 2.75. The number of benzene rings is 1. The van der Waals surface area contributed by atoms with Gasteiger partial charge in [-0.2, -0.15) is 0 Å². The number of aliphatic carboxylic acids is 2. The van der Waals surface area contributed by atoms with Gasteiger partial charge in [0.2, 0.25) is 6.79 Å². The van der Waals surface area contributed by atoms with Gasteiger partial charge in [-0.1, -0.05) is 0 Å². The van der Waals surface area contributed by atoms with E-state index >= 15 is 0 Å². The van der Waals surface area contributed by atoms with E-state index in [0.717, 1.165) is 6.20 Å². The second-order valence-corrected chi connectivity index (χ2v) is 3.38. The van der Waals surface area contributed by atoms with Crippen LogP contribution in [0.1, 0.15) is 0 Å². The van der Waals surface area contributed by atoms with Gasteiger partial charge in [0.25, 0.3) is 0 Å². The normalized spacial score (nSPS) is 11.8. The van der Waals surface area contributed by atoms with Gasteiger partial charge in [0, 0.05) is 18.0 Å². The van der Waals surface area contributed by atoms with Gasteiger partial charge in [-0.3, -0.25) is 0 Å². The number of carboxylic acid groups (broad SMARTS) is 2. The summed E-state index contributed by atoms with van der Waals surface area (Å²) in [7, 11) is 0. The van der Waals surface area contributed by atoms with E-state index in [1.54, 1.807) is 18.2 Å². The summed E-state index contributed by atoms with van der Waals surface area (Å²) in [5, 5.41) is 19.9. The Kier molecular flexibility index (Phi) is 3.05. The van der Waals surface area contributed by atoms with E-state index in [4.69, 9.17) is 19.7 Å². The minimum Gasteiger partial charge on any atom is -0.477 e. The maximum absolute atomic E-state index is 10.6. The van der Waals surface area contributed by atoms with E-state index in [1.165, 1.54) is 0 Å². The molecule has 2 rings (SSSR count). The van der Waals surface area contributed by atoms with Gasteiger partial charge in [-0.25, -0.2) is 9.59 Å². The van der Waals surface area contributed by atoms with Gasteiger partial charge in [0.1, 0.15) is 0 Å². The van der Waals surface area contributed by atoms with Crippen LogP contribution in [-0.2, 0) is 9.59 Å². The molecule has 1 heterocycles. The summed E-state index contributed by atoms with van der Waals surface area (Å²) in [6.07, 6.45) is 0.905. The number of rotatable bonds is 4. The molecule has 1 aromatic carbocycles. The quantitative estimate of drug-likeness (QED) is 0.414. The van der Waals surface area contributed by atoms with E-state index in [2.05, 4.69) is 5.32 Å². The van der Waals surface area contributed by atoms with Crippen molar-refractivity contribution >= 4 is 17.6 Å². The molecule has 0 saturated carbocycles. The summed E-state index contributed by atoms with van der Waals surface area (Å²) in [5.74, 6) is -1.94. The average molecular weight is 251 g/mol. The summed E-state index contributed by atoms with van der Waals surface area (Å²) in [6.45, 7) is 0.129. The van der Waals surface area contributed by atoms with E-state index in [9.17, 15) is 9.59 Å². The molecular weight excluding hydrogens is 242 g/mol. The van der Waals surface area contributed by atoms with E-state index in [1.807, 2.05) is 0 Å². The summed E-state index contributed by atoms with van der Waals surface area (Å²) >= 11 is 0. The molecule has 0 fully saturated rings. The SMILES string of the molecule is O=C(O)C(=CNc1ccc2c(c1)OCO2)C(=O)O. The van der Waals surface area contributed by atoms with Crippen LogP contribution in [0.2, 0.25) is 0 Å². The van der Waals surface area contributed by atoms with Crippen LogP contribution in [0.15, 0.2) is 30.0 Å². The first-order valence-electron chi connectivity index (χ1n) is 4.91. The molecule has 0 saturated heterocycles. The number of carbonyl (C=O) groups is 2. The van der Waals surface area contributed by atoms with E-state index < -0.39 is 17.5 Å². The predicted octanol–water partition coefficient (Wildman–Crippen LogP) is 0.880. The van der Waals surface area contributed by atoms with Crippen LogP contribution < -0.4 is 14.8 Å². The molecule has 1 aliphatic heterocycles. The molecule has 0 spiro atoms. The standard InChI is InChI=1S/C11H9NO6/c13-10(14)7(11(15)16)4-12-6-1-2-8-9(3-6)18-5-17-8/h1-4,12H,5H2,(H,13,14)(H,15,16). The van der Waals surface area contributed by atoms with Crippen LogP contribution >= 0.6 is 0 Å². The molecular formula is C11H9NO6. The van der Waals surface area contributed by atoms with Crippen molar-refractivity contribution in [1.29, 1.82) is 0 Å². The molecule has 7 heteroatoms. The smallest absolute Gasteiger partial charge is 0.344 e. The van der Waals surface area contributed by atoms with Crippen molar-refractivity contribution in [3.8, 4) is 11.5 Å². The van der Waals surface area contributed by atoms with Crippen LogP contribution in [0.25, 0.3) is 0 Å². The van der Waals surface area contributed by atoms with E-state index in [0.29, 0.717) is 17.2 Å². The minimum absolute atomic E-state index is 0.129. The third-order valence-electron chi connectivity index (χ3n) is 2.22. The van der Waals surface area contributed by atoms with Crippen LogP contribution in [0, 0.1) is 0 Å². The fourth-order valence-corrected chi connectivity index (χ4v) is 1.36. The lowest BCUT2D eigenvalue weighted by Crippen LogP contribution is -2.12. The number of hydrogen-bond donors (Lipinski definition) is 3. The summed E-state index contributed by atoms with van der Waals surface area (Å²) < 4.78 is 10.2. The Morgan fingerprint density at radius 2 is 1.83 bits per heavy atom. The number of nitrogens with one attached hydrogen (secondary N) is 1. The molecule has 0 amide bonds. The summed E-state index contributed by atoms with van der Waals surface area (Å²) in [6, 6.07) is 4.84. The van der Waals surface area contributed by atoms with E-state index in [-0.39, 0.29) is 6.79 Å². The molecule has 0 unspecified atom stereocenters. The molecule has 3 N–H and O–H groups in total. The zero-order valence-corrected chi connectivity index (χ0v) is 9.04. The Hall–Kier alpha value is -2.70. The fraction of sp³-hybridized carbons (Fsp3) is 0.0909. The molecule has 1 aromatic rings. The maximum atomic E-state index is 10.6. The Morgan fingerprint density at radius 1 is 1.17 bits per heavy atom. The summed E-state index contributed by atoms with van der Waals surface area (Å²) in [4.78, 5) is 21.2. The molecule has 0 radical (unpaired) electrons. The Morgan fingerprint density at radius 3 is 2.50 bits per heavy atom. The molecule has 94 valence electrons. The molecule has 18 heavy (non-hydrogen) atoms. The lowest BCUT2D eigenvalue weighted by molar-refractivity contribution is -0.140. The Labute approximate surface area is 101 Å². The predicted molar refractivity (Wildman–Crippen MR) is 59.5 cm³/mol. The van der Waals surface area contributed by atoms with Gasteiger partial charge in [0.05, 0.1) is 0 Å². The highest BCUT2D eigenvalue weighted by Crippen LogP contribution is 2.34. The molecule has 0 aromatic heterocycles. The van der Waals surface area contributed by atoms with Crippen LogP contribution in [-0.4, -0.2) is 28.9 Å².